The Bertz CT molecular complexity index is 754. The summed E-state index contributed by atoms with van der Waals surface area (Å²) in [5.74, 6) is 0.209. The van der Waals surface area contributed by atoms with Crippen LogP contribution in [0.4, 0.5) is 11.8 Å². The lowest BCUT2D eigenvalue weighted by molar-refractivity contribution is 0.110. The molecule has 10 nitrogen and oxygen atoms in total. The van der Waals surface area contributed by atoms with Crippen LogP contribution >= 0.6 is 7.60 Å². The summed E-state index contributed by atoms with van der Waals surface area (Å²) in [6.07, 6.45) is 0.289. The van der Waals surface area contributed by atoms with E-state index in [9.17, 15) is 4.57 Å². The number of rotatable bonds is 6. The second-order valence-corrected chi connectivity index (χ2v) is 6.36. The first-order valence-electron chi connectivity index (χ1n) is 6.25. The molecule has 0 fully saturated rings. The number of fused-ring (bicyclic) bond motifs is 1. The summed E-state index contributed by atoms with van der Waals surface area (Å²) in [5, 5.41) is 0. The molecule has 0 spiro atoms. The van der Waals surface area contributed by atoms with Gasteiger partial charge in [-0.2, -0.15) is 9.97 Å². The average molecular weight is 328 g/mol. The molecule has 6 N–H and O–H groups in total. The molecular weight excluding hydrogens is 311 g/mol. The lowest BCUT2D eigenvalue weighted by Crippen LogP contribution is -2.16. The van der Waals surface area contributed by atoms with Gasteiger partial charge in [-0.1, -0.05) is 6.58 Å². The molecule has 0 aliphatic carbocycles. The van der Waals surface area contributed by atoms with Gasteiger partial charge in [0, 0.05) is 6.54 Å². The Morgan fingerprint density at radius 1 is 1.50 bits per heavy atom. The second kappa shape index (κ2) is 6.01. The van der Waals surface area contributed by atoms with Crippen LogP contribution in [0.5, 0.6) is 0 Å². The van der Waals surface area contributed by atoms with Crippen molar-refractivity contribution >= 4 is 30.5 Å². The van der Waals surface area contributed by atoms with E-state index in [4.69, 9.17) is 26.0 Å². The zero-order chi connectivity index (χ0) is 16.5. The van der Waals surface area contributed by atoms with E-state index in [0.29, 0.717) is 16.7 Å². The number of nitrogens with zero attached hydrogens (tertiary/aromatic N) is 4. The van der Waals surface area contributed by atoms with Crippen molar-refractivity contribution in [1.82, 2.24) is 19.5 Å². The largest absolute Gasteiger partial charge is 0.382 e. The molecule has 0 amide bonds. The van der Waals surface area contributed by atoms with Gasteiger partial charge in [0.1, 0.15) is 11.9 Å². The summed E-state index contributed by atoms with van der Waals surface area (Å²) in [7, 11) is -4.22. The van der Waals surface area contributed by atoms with Crippen LogP contribution in [0.2, 0.25) is 0 Å². The van der Waals surface area contributed by atoms with Gasteiger partial charge in [-0.3, -0.25) is 4.57 Å². The van der Waals surface area contributed by atoms with Crippen LogP contribution in [-0.4, -0.2) is 41.8 Å². The van der Waals surface area contributed by atoms with Crippen molar-refractivity contribution in [2.24, 2.45) is 0 Å². The van der Waals surface area contributed by atoms with E-state index < -0.39 is 20.0 Å². The SMILES string of the molecule is C=C(Cn1cnc2c(N)nc(N)nc21)[C@H](C)OCP(=O)(O)O. The van der Waals surface area contributed by atoms with Crippen LogP contribution in [0.15, 0.2) is 18.5 Å². The topological polar surface area (TPSA) is 162 Å². The Morgan fingerprint density at radius 2 is 2.18 bits per heavy atom. The first kappa shape index (κ1) is 16.4. The van der Waals surface area contributed by atoms with E-state index >= 15 is 0 Å². The Balaban J connectivity index is 2.13. The number of hydrogen-bond acceptors (Lipinski definition) is 7. The zero-order valence-corrected chi connectivity index (χ0v) is 12.8. The minimum absolute atomic E-state index is 0.0307. The van der Waals surface area contributed by atoms with Gasteiger partial charge in [-0.25, -0.2) is 4.98 Å². The van der Waals surface area contributed by atoms with Gasteiger partial charge in [-0.05, 0) is 12.5 Å². The molecule has 0 aromatic carbocycles. The van der Waals surface area contributed by atoms with E-state index in [-0.39, 0.29) is 18.3 Å². The lowest BCUT2D eigenvalue weighted by atomic mass is 10.2. The van der Waals surface area contributed by atoms with E-state index in [1.54, 1.807) is 11.5 Å². The van der Waals surface area contributed by atoms with Gasteiger partial charge >= 0.3 is 7.60 Å². The number of anilines is 2. The maximum Gasteiger partial charge on any atom is 0.351 e. The number of ether oxygens (including phenoxy) is 1. The molecule has 2 rings (SSSR count). The standard InChI is InChI=1S/C11H17N6O4P/c1-6(7(2)21-5-22(18,19)20)3-17-4-14-8-9(12)15-11(13)16-10(8)17/h4,7H,1,3,5H2,2H3,(H2,18,19,20)(H4,12,13,15,16)/t7-/m0/s1. The van der Waals surface area contributed by atoms with Crippen LogP contribution in [0.3, 0.4) is 0 Å². The van der Waals surface area contributed by atoms with Crippen LogP contribution in [0.1, 0.15) is 6.92 Å². The van der Waals surface area contributed by atoms with E-state index in [2.05, 4.69) is 21.5 Å². The first-order valence-corrected chi connectivity index (χ1v) is 8.05. The van der Waals surface area contributed by atoms with Gasteiger partial charge in [-0.15, -0.1) is 0 Å². The number of hydrogen-bond donors (Lipinski definition) is 4. The molecule has 0 radical (unpaired) electrons. The molecule has 0 bridgehead atoms. The zero-order valence-electron chi connectivity index (χ0n) is 11.9. The molecule has 2 heterocycles. The summed E-state index contributed by atoms with van der Waals surface area (Å²) in [5.41, 5.74) is 12.7. The predicted octanol–water partition coefficient (Wildman–Crippen LogP) is 0.0872. The lowest BCUT2D eigenvalue weighted by Gasteiger charge is -2.17. The fourth-order valence-electron chi connectivity index (χ4n) is 1.77. The maximum absolute atomic E-state index is 10.8. The minimum Gasteiger partial charge on any atom is -0.382 e. The molecule has 0 unspecified atom stereocenters. The molecule has 0 aliphatic rings. The summed E-state index contributed by atoms with van der Waals surface area (Å²) in [4.78, 5) is 29.6. The number of aromatic nitrogens is 4. The normalized spacial score (nSPS) is 13.4. The molecule has 0 aliphatic heterocycles. The quantitative estimate of drug-likeness (QED) is 0.425. The summed E-state index contributed by atoms with van der Waals surface area (Å²) in [6, 6.07) is 0. The van der Waals surface area contributed by atoms with E-state index in [1.165, 1.54) is 6.33 Å². The van der Waals surface area contributed by atoms with Gasteiger partial charge in [0.25, 0.3) is 0 Å². The number of nitrogen functional groups attached to an aromatic ring is 2. The Hall–Kier alpha value is -2.00. The third-order valence-corrected chi connectivity index (χ3v) is 3.43. The minimum atomic E-state index is -4.22. The van der Waals surface area contributed by atoms with Crippen molar-refractivity contribution in [3.63, 3.8) is 0 Å². The smallest absolute Gasteiger partial charge is 0.351 e. The molecule has 11 heteroatoms. The molecule has 1 atom stereocenters. The average Bonchev–Trinajstić information content (AvgIpc) is 2.78. The Kier molecular flexibility index (Phi) is 4.47. The van der Waals surface area contributed by atoms with Crippen molar-refractivity contribution in [1.29, 1.82) is 0 Å². The van der Waals surface area contributed by atoms with Crippen LogP contribution in [0, 0.1) is 0 Å². The van der Waals surface area contributed by atoms with Gasteiger partial charge in [0.05, 0.1) is 12.4 Å². The summed E-state index contributed by atoms with van der Waals surface area (Å²) in [6.45, 7) is 5.78. The maximum atomic E-state index is 10.8. The van der Waals surface area contributed by atoms with Crippen molar-refractivity contribution in [3.05, 3.63) is 18.5 Å². The van der Waals surface area contributed by atoms with Crippen molar-refractivity contribution < 1.29 is 19.1 Å². The Labute approximate surface area is 126 Å². The number of nitrogens with two attached hydrogens (primary N) is 2. The highest BCUT2D eigenvalue weighted by molar-refractivity contribution is 7.51. The first-order chi connectivity index (χ1) is 10.2. The predicted molar refractivity (Wildman–Crippen MR) is 80.7 cm³/mol. The van der Waals surface area contributed by atoms with Crippen molar-refractivity contribution in [2.75, 3.05) is 17.8 Å². The fraction of sp³-hybridized carbons (Fsp3) is 0.364. The second-order valence-electron chi connectivity index (χ2n) is 4.77. The van der Waals surface area contributed by atoms with E-state index in [0.717, 1.165) is 0 Å². The fourth-order valence-corrected chi connectivity index (χ4v) is 2.19. The monoisotopic (exact) mass is 328 g/mol. The van der Waals surface area contributed by atoms with E-state index in [1.807, 2.05) is 0 Å². The molecule has 2 aromatic rings. The highest BCUT2D eigenvalue weighted by atomic mass is 31.2. The van der Waals surface area contributed by atoms with Crippen molar-refractivity contribution in [2.45, 2.75) is 19.6 Å². The molecule has 2 aromatic heterocycles. The number of imidazole rings is 1. The van der Waals surface area contributed by atoms with Crippen LogP contribution in [0.25, 0.3) is 11.2 Å². The summed E-state index contributed by atoms with van der Waals surface area (Å²) < 4.78 is 17.6. The van der Waals surface area contributed by atoms with Gasteiger partial charge in [0.2, 0.25) is 5.95 Å². The third-order valence-electron chi connectivity index (χ3n) is 2.95. The highest BCUT2D eigenvalue weighted by Gasteiger charge is 2.18. The molecule has 0 saturated carbocycles. The van der Waals surface area contributed by atoms with Crippen LogP contribution < -0.4 is 11.5 Å². The Morgan fingerprint density at radius 3 is 2.82 bits per heavy atom. The molecule has 0 saturated heterocycles. The molecule has 120 valence electrons. The van der Waals surface area contributed by atoms with Crippen molar-refractivity contribution in [3.8, 4) is 0 Å². The van der Waals surface area contributed by atoms with Gasteiger partial charge < -0.3 is 30.6 Å². The third kappa shape index (κ3) is 3.80. The van der Waals surface area contributed by atoms with Gasteiger partial charge in [0.15, 0.2) is 11.5 Å². The van der Waals surface area contributed by atoms with Crippen LogP contribution in [-0.2, 0) is 15.8 Å². The molecular formula is C11H17N6O4P. The molecule has 22 heavy (non-hydrogen) atoms. The summed E-state index contributed by atoms with van der Waals surface area (Å²) >= 11 is 0. The highest BCUT2D eigenvalue weighted by Crippen LogP contribution is 2.34.